The van der Waals surface area contributed by atoms with Crippen LogP contribution in [-0.2, 0) is 13.1 Å². The minimum absolute atomic E-state index is 0.00690. The maximum absolute atomic E-state index is 12.4. The van der Waals surface area contributed by atoms with Gasteiger partial charge < -0.3 is 9.47 Å². The molecule has 0 fully saturated rings. The zero-order valence-electron chi connectivity index (χ0n) is 13.1. The van der Waals surface area contributed by atoms with Crippen LogP contribution in [0.2, 0.25) is 5.02 Å². The number of aromatic nitrogens is 2. The van der Waals surface area contributed by atoms with E-state index in [1.807, 2.05) is 35.0 Å². The Morgan fingerprint density at radius 2 is 2.22 bits per heavy atom. The number of thiophene rings is 1. The predicted molar refractivity (Wildman–Crippen MR) is 95.2 cm³/mol. The van der Waals surface area contributed by atoms with Crippen molar-refractivity contribution in [3.63, 3.8) is 0 Å². The van der Waals surface area contributed by atoms with E-state index in [4.69, 9.17) is 11.6 Å². The smallest absolute Gasteiger partial charge is 0.254 e. The summed E-state index contributed by atoms with van der Waals surface area (Å²) in [7, 11) is 1.80. The van der Waals surface area contributed by atoms with E-state index in [1.54, 1.807) is 11.9 Å². The van der Waals surface area contributed by atoms with E-state index in [0.29, 0.717) is 17.1 Å². The normalized spacial score (nSPS) is 11.1. The van der Waals surface area contributed by atoms with Gasteiger partial charge in [-0.15, -0.1) is 0 Å². The van der Waals surface area contributed by atoms with Crippen LogP contribution in [0.15, 0.2) is 35.0 Å². The van der Waals surface area contributed by atoms with Crippen LogP contribution >= 0.6 is 22.9 Å². The summed E-state index contributed by atoms with van der Waals surface area (Å²) in [6.07, 6.45) is 0.978. The molecular weight excluding hydrogens is 330 g/mol. The number of amides is 1. The van der Waals surface area contributed by atoms with Gasteiger partial charge in [-0.05, 0) is 30.0 Å². The quantitative estimate of drug-likeness (QED) is 0.684. The van der Waals surface area contributed by atoms with Crippen molar-refractivity contribution in [3.8, 4) is 0 Å². The molecule has 0 radical (unpaired) electrons. The summed E-state index contributed by atoms with van der Waals surface area (Å²) in [6, 6.07) is 7.58. The molecule has 1 aromatic carbocycles. The predicted octanol–water partition coefficient (Wildman–Crippen LogP) is 4.43. The Kier molecular flexibility index (Phi) is 4.68. The van der Waals surface area contributed by atoms with E-state index < -0.39 is 0 Å². The molecule has 4 nitrogen and oxygen atoms in total. The Bertz CT molecular complexity index is 826. The van der Waals surface area contributed by atoms with Gasteiger partial charge in [-0.25, -0.2) is 4.98 Å². The molecule has 0 bridgehead atoms. The van der Waals surface area contributed by atoms with Gasteiger partial charge in [0.1, 0.15) is 5.82 Å². The number of halogens is 1. The Balaban J connectivity index is 1.94. The van der Waals surface area contributed by atoms with Gasteiger partial charge in [-0.1, -0.05) is 24.6 Å². The molecule has 3 rings (SSSR count). The fourth-order valence-corrected chi connectivity index (χ4v) is 3.57. The number of carbonyl (C=O) groups is 1. The SMILES string of the molecule is CCCn1c(CN(C)C(=O)c2ccsc2)nc2cccc(Cl)c21. The third kappa shape index (κ3) is 3.12. The average Bonchev–Trinajstić information content (AvgIpc) is 3.16. The van der Waals surface area contributed by atoms with Crippen LogP contribution in [0.3, 0.4) is 0 Å². The van der Waals surface area contributed by atoms with E-state index in [9.17, 15) is 4.79 Å². The Labute approximate surface area is 144 Å². The first kappa shape index (κ1) is 16.0. The second-order valence-corrected chi connectivity index (χ2v) is 6.65. The van der Waals surface area contributed by atoms with Gasteiger partial charge in [0.2, 0.25) is 0 Å². The number of hydrogen-bond acceptors (Lipinski definition) is 3. The molecule has 0 saturated carbocycles. The van der Waals surface area contributed by atoms with E-state index in [-0.39, 0.29) is 5.91 Å². The standard InChI is InChI=1S/C17H18ClN3OS/c1-3-8-21-15(19-14-6-4-5-13(18)16(14)21)10-20(2)17(22)12-7-9-23-11-12/h4-7,9,11H,3,8,10H2,1-2H3. The first-order valence-electron chi connectivity index (χ1n) is 7.53. The van der Waals surface area contributed by atoms with E-state index in [1.165, 1.54) is 11.3 Å². The van der Waals surface area contributed by atoms with Gasteiger partial charge >= 0.3 is 0 Å². The zero-order valence-corrected chi connectivity index (χ0v) is 14.7. The van der Waals surface area contributed by atoms with E-state index >= 15 is 0 Å². The van der Waals surface area contributed by atoms with Crippen molar-refractivity contribution in [2.45, 2.75) is 26.4 Å². The summed E-state index contributed by atoms with van der Waals surface area (Å²) in [6.45, 7) is 3.41. The molecule has 23 heavy (non-hydrogen) atoms. The van der Waals surface area contributed by atoms with Gasteiger partial charge in [0, 0.05) is 19.0 Å². The van der Waals surface area contributed by atoms with Crippen molar-refractivity contribution in [1.82, 2.24) is 14.5 Å². The molecule has 0 aliphatic heterocycles. The molecule has 6 heteroatoms. The van der Waals surface area contributed by atoms with Crippen LogP contribution < -0.4 is 0 Å². The van der Waals surface area contributed by atoms with Crippen LogP contribution in [0, 0.1) is 0 Å². The Hall–Kier alpha value is -1.85. The van der Waals surface area contributed by atoms with Gasteiger partial charge in [-0.3, -0.25) is 4.79 Å². The lowest BCUT2D eigenvalue weighted by molar-refractivity contribution is 0.0781. The van der Waals surface area contributed by atoms with Crippen molar-refractivity contribution in [1.29, 1.82) is 0 Å². The summed E-state index contributed by atoms with van der Waals surface area (Å²) >= 11 is 7.87. The van der Waals surface area contributed by atoms with Crippen LogP contribution in [-0.4, -0.2) is 27.4 Å². The summed E-state index contributed by atoms with van der Waals surface area (Å²) in [5.74, 6) is 0.869. The van der Waals surface area contributed by atoms with Crippen LogP contribution in [0.5, 0.6) is 0 Å². The molecule has 0 aliphatic carbocycles. The fraction of sp³-hybridized carbons (Fsp3) is 0.294. The molecule has 2 heterocycles. The second kappa shape index (κ2) is 6.72. The minimum atomic E-state index is 0.00690. The van der Waals surface area contributed by atoms with Crippen molar-refractivity contribution in [2.24, 2.45) is 0 Å². The number of para-hydroxylation sites is 1. The highest BCUT2D eigenvalue weighted by Crippen LogP contribution is 2.25. The number of benzene rings is 1. The number of hydrogen-bond donors (Lipinski definition) is 0. The molecule has 0 aliphatic rings. The third-order valence-corrected chi connectivity index (χ3v) is 4.73. The highest BCUT2D eigenvalue weighted by atomic mass is 35.5. The van der Waals surface area contributed by atoms with Crippen LogP contribution in [0.25, 0.3) is 11.0 Å². The number of imidazole rings is 1. The van der Waals surface area contributed by atoms with E-state index in [0.717, 1.165) is 29.8 Å². The number of aryl methyl sites for hydroxylation is 1. The summed E-state index contributed by atoms with van der Waals surface area (Å²) in [4.78, 5) is 18.8. The van der Waals surface area contributed by atoms with Gasteiger partial charge in [0.05, 0.1) is 28.2 Å². The number of carbonyl (C=O) groups excluding carboxylic acids is 1. The zero-order chi connectivity index (χ0) is 16.4. The molecule has 0 unspecified atom stereocenters. The first-order chi connectivity index (χ1) is 11.1. The second-order valence-electron chi connectivity index (χ2n) is 5.46. The lowest BCUT2D eigenvalue weighted by Crippen LogP contribution is -2.27. The number of fused-ring (bicyclic) bond motifs is 1. The highest BCUT2D eigenvalue weighted by Gasteiger charge is 2.18. The fourth-order valence-electron chi connectivity index (χ4n) is 2.67. The Morgan fingerprint density at radius 3 is 2.91 bits per heavy atom. The number of rotatable bonds is 5. The van der Waals surface area contributed by atoms with Crippen molar-refractivity contribution in [3.05, 3.63) is 51.4 Å². The monoisotopic (exact) mass is 347 g/mol. The molecule has 120 valence electrons. The van der Waals surface area contributed by atoms with Crippen molar-refractivity contribution >= 4 is 39.9 Å². The molecule has 0 saturated heterocycles. The van der Waals surface area contributed by atoms with Crippen molar-refractivity contribution in [2.75, 3.05) is 7.05 Å². The summed E-state index contributed by atoms with van der Waals surface area (Å²) < 4.78 is 2.12. The van der Waals surface area contributed by atoms with Crippen LogP contribution in [0.1, 0.15) is 29.5 Å². The molecule has 3 aromatic rings. The Morgan fingerprint density at radius 1 is 1.39 bits per heavy atom. The topological polar surface area (TPSA) is 38.1 Å². The first-order valence-corrected chi connectivity index (χ1v) is 8.85. The maximum Gasteiger partial charge on any atom is 0.254 e. The summed E-state index contributed by atoms with van der Waals surface area (Å²) in [5.41, 5.74) is 2.54. The lowest BCUT2D eigenvalue weighted by Gasteiger charge is -2.17. The molecule has 2 aromatic heterocycles. The highest BCUT2D eigenvalue weighted by molar-refractivity contribution is 7.08. The largest absolute Gasteiger partial charge is 0.334 e. The van der Waals surface area contributed by atoms with Crippen LogP contribution in [0.4, 0.5) is 0 Å². The molecular formula is C17H18ClN3OS. The summed E-state index contributed by atoms with van der Waals surface area (Å²) in [5, 5.41) is 4.47. The van der Waals surface area contributed by atoms with Gasteiger partial charge in [0.15, 0.2) is 0 Å². The average molecular weight is 348 g/mol. The lowest BCUT2D eigenvalue weighted by atomic mass is 10.3. The van der Waals surface area contributed by atoms with Crippen molar-refractivity contribution < 1.29 is 4.79 Å². The molecule has 0 N–H and O–H groups in total. The maximum atomic E-state index is 12.4. The molecule has 1 amide bonds. The van der Waals surface area contributed by atoms with E-state index in [2.05, 4.69) is 16.5 Å². The number of nitrogens with zero attached hydrogens (tertiary/aromatic N) is 3. The molecule has 0 spiro atoms. The van der Waals surface area contributed by atoms with Gasteiger partial charge in [-0.2, -0.15) is 11.3 Å². The minimum Gasteiger partial charge on any atom is -0.334 e. The van der Waals surface area contributed by atoms with Gasteiger partial charge in [0.25, 0.3) is 5.91 Å². The molecule has 0 atom stereocenters. The third-order valence-electron chi connectivity index (χ3n) is 3.74.